The number of rotatable bonds is 3. The molecule has 0 amide bonds. The molecule has 0 saturated heterocycles. The van der Waals surface area contributed by atoms with Crippen LogP contribution in [0.15, 0.2) is 36.7 Å². The van der Waals surface area contributed by atoms with Gasteiger partial charge in [0, 0.05) is 18.4 Å². The SMILES string of the molecule is Fc1ccccc1-n1ccnc1NC1CCCC1. The molecule has 4 heteroatoms. The van der Waals surface area contributed by atoms with Crippen LogP contribution in [-0.2, 0) is 0 Å². The average Bonchev–Trinajstić information content (AvgIpc) is 3.02. The molecule has 3 nitrogen and oxygen atoms in total. The van der Waals surface area contributed by atoms with Crippen molar-refractivity contribution in [3.63, 3.8) is 0 Å². The van der Waals surface area contributed by atoms with E-state index < -0.39 is 0 Å². The molecule has 0 atom stereocenters. The maximum absolute atomic E-state index is 13.8. The Labute approximate surface area is 106 Å². The Balaban J connectivity index is 1.89. The van der Waals surface area contributed by atoms with E-state index in [4.69, 9.17) is 0 Å². The molecule has 1 aliphatic rings. The molecule has 0 spiro atoms. The van der Waals surface area contributed by atoms with Crippen molar-refractivity contribution in [1.82, 2.24) is 9.55 Å². The molecule has 3 rings (SSSR count). The molecule has 1 saturated carbocycles. The molecule has 0 bridgehead atoms. The van der Waals surface area contributed by atoms with Crippen molar-refractivity contribution >= 4 is 5.95 Å². The van der Waals surface area contributed by atoms with Crippen molar-refractivity contribution in [2.45, 2.75) is 31.7 Å². The van der Waals surface area contributed by atoms with Crippen molar-refractivity contribution < 1.29 is 4.39 Å². The molecule has 0 aliphatic heterocycles. The maximum Gasteiger partial charge on any atom is 0.207 e. The third kappa shape index (κ3) is 2.10. The summed E-state index contributed by atoms with van der Waals surface area (Å²) in [4.78, 5) is 4.28. The van der Waals surface area contributed by atoms with E-state index in [0.717, 1.165) is 5.95 Å². The molecule has 1 fully saturated rings. The quantitative estimate of drug-likeness (QED) is 0.898. The van der Waals surface area contributed by atoms with Crippen LogP contribution in [0, 0.1) is 5.82 Å². The fourth-order valence-corrected chi connectivity index (χ4v) is 2.50. The number of imidazole rings is 1. The van der Waals surface area contributed by atoms with Gasteiger partial charge in [0.1, 0.15) is 5.82 Å². The van der Waals surface area contributed by atoms with Crippen molar-refractivity contribution in [2.75, 3.05) is 5.32 Å². The van der Waals surface area contributed by atoms with Crippen LogP contribution in [0.5, 0.6) is 0 Å². The van der Waals surface area contributed by atoms with Crippen molar-refractivity contribution in [2.24, 2.45) is 0 Å². The minimum atomic E-state index is -0.232. The van der Waals surface area contributed by atoms with Gasteiger partial charge in [-0.05, 0) is 25.0 Å². The summed E-state index contributed by atoms with van der Waals surface area (Å²) >= 11 is 0. The standard InChI is InChI=1S/C14H16FN3/c15-12-7-3-4-8-13(12)18-10-9-16-14(18)17-11-5-1-2-6-11/h3-4,7-11H,1-2,5-6H2,(H,16,17). The second kappa shape index (κ2) is 4.80. The van der Waals surface area contributed by atoms with Gasteiger partial charge in [-0.25, -0.2) is 9.37 Å². The van der Waals surface area contributed by atoms with Gasteiger partial charge >= 0.3 is 0 Å². The largest absolute Gasteiger partial charge is 0.353 e. The number of anilines is 1. The Morgan fingerprint density at radius 1 is 1.22 bits per heavy atom. The summed E-state index contributed by atoms with van der Waals surface area (Å²) in [5.74, 6) is 0.497. The van der Waals surface area contributed by atoms with E-state index in [1.165, 1.54) is 31.7 Å². The van der Waals surface area contributed by atoms with Gasteiger partial charge < -0.3 is 5.32 Å². The van der Waals surface area contributed by atoms with E-state index in [1.54, 1.807) is 29.1 Å². The Hall–Kier alpha value is -1.84. The number of para-hydroxylation sites is 1. The molecule has 18 heavy (non-hydrogen) atoms. The Morgan fingerprint density at radius 3 is 2.78 bits per heavy atom. The molecule has 1 aliphatic carbocycles. The summed E-state index contributed by atoms with van der Waals surface area (Å²) in [7, 11) is 0. The van der Waals surface area contributed by atoms with E-state index in [2.05, 4.69) is 10.3 Å². The lowest BCUT2D eigenvalue weighted by atomic mass is 10.2. The third-order valence-corrected chi connectivity index (χ3v) is 3.44. The molecule has 94 valence electrons. The van der Waals surface area contributed by atoms with Crippen LogP contribution in [0.3, 0.4) is 0 Å². The van der Waals surface area contributed by atoms with Crippen LogP contribution in [0.4, 0.5) is 10.3 Å². The zero-order valence-electron chi connectivity index (χ0n) is 10.1. The highest BCUT2D eigenvalue weighted by Crippen LogP contribution is 2.23. The van der Waals surface area contributed by atoms with Crippen LogP contribution in [0.2, 0.25) is 0 Å². The molecule has 0 radical (unpaired) electrons. The van der Waals surface area contributed by atoms with Gasteiger partial charge in [-0.1, -0.05) is 25.0 Å². The van der Waals surface area contributed by atoms with Gasteiger partial charge in [0.25, 0.3) is 0 Å². The third-order valence-electron chi connectivity index (χ3n) is 3.44. The minimum Gasteiger partial charge on any atom is -0.353 e. The predicted molar refractivity (Wildman–Crippen MR) is 69.4 cm³/mol. The number of hydrogen-bond donors (Lipinski definition) is 1. The second-order valence-corrected chi connectivity index (χ2v) is 4.70. The molecule has 1 aromatic carbocycles. The van der Waals surface area contributed by atoms with Crippen LogP contribution in [0.1, 0.15) is 25.7 Å². The normalized spacial score (nSPS) is 16.1. The lowest BCUT2D eigenvalue weighted by Gasteiger charge is -2.15. The molecular weight excluding hydrogens is 229 g/mol. The predicted octanol–water partition coefficient (Wildman–Crippen LogP) is 3.37. The number of nitrogens with zero attached hydrogens (tertiary/aromatic N) is 2. The van der Waals surface area contributed by atoms with Crippen LogP contribution < -0.4 is 5.32 Å². The summed E-state index contributed by atoms with van der Waals surface area (Å²) in [6, 6.07) is 7.22. The van der Waals surface area contributed by atoms with E-state index in [1.807, 2.05) is 6.07 Å². The zero-order chi connectivity index (χ0) is 12.4. The Morgan fingerprint density at radius 2 is 2.00 bits per heavy atom. The minimum absolute atomic E-state index is 0.232. The molecule has 1 heterocycles. The first-order valence-electron chi connectivity index (χ1n) is 6.39. The topological polar surface area (TPSA) is 29.9 Å². The first kappa shape index (κ1) is 11.3. The number of aromatic nitrogens is 2. The Kier molecular flexibility index (Phi) is 3.00. The highest BCUT2D eigenvalue weighted by molar-refractivity contribution is 5.43. The Bertz CT molecular complexity index is 529. The van der Waals surface area contributed by atoms with Gasteiger partial charge in [-0.15, -0.1) is 0 Å². The maximum atomic E-state index is 13.8. The lowest BCUT2D eigenvalue weighted by Crippen LogP contribution is -2.17. The number of halogens is 1. The van der Waals surface area contributed by atoms with Crippen molar-refractivity contribution in [3.8, 4) is 5.69 Å². The summed E-state index contributed by atoms with van der Waals surface area (Å²) in [5.41, 5.74) is 0.537. The first-order chi connectivity index (χ1) is 8.84. The number of benzene rings is 1. The fourth-order valence-electron chi connectivity index (χ4n) is 2.50. The smallest absolute Gasteiger partial charge is 0.207 e. The highest BCUT2D eigenvalue weighted by atomic mass is 19.1. The van der Waals surface area contributed by atoms with Gasteiger partial charge in [-0.3, -0.25) is 4.57 Å². The fraction of sp³-hybridized carbons (Fsp3) is 0.357. The van der Waals surface area contributed by atoms with E-state index in [0.29, 0.717) is 11.7 Å². The van der Waals surface area contributed by atoms with Crippen molar-refractivity contribution in [3.05, 3.63) is 42.5 Å². The first-order valence-corrected chi connectivity index (χ1v) is 6.39. The van der Waals surface area contributed by atoms with E-state index >= 15 is 0 Å². The number of hydrogen-bond acceptors (Lipinski definition) is 2. The van der Waals surface area contributed by atoms with Crippen molar-refractivity contribution in [1.29, 1.82) is 0 Å². The molecule has 1 N–H and O–H groups in total. The van der Waals surface area contributed by atoms with Crippen LogP contribution in [0.25, 0.3) is 5.69 Å². The van der Waals surface area contributed by atoms with Crippen LogP contribution in [-0.4, -0.2) is 15.6 Å². The van der Waals surface area contributed by atoms with Gasteiger partial charge in [-0.2, -0.15) is 0 Å². The molecular formula is C14H16FN3. The summed E-state index contributed by atoms with van der Waals surface area (Å²) in [6.07, 6.45) is 8.35. The highest BCUT2D eigenvalue weighted by Gasteiger charge is 2.17. The van der Waals surface area contributed by atoms with Gasteiger partial charge in [0.2, 0.25) is 5.95 Å². The lowest BCUT2D eigenvalue weighted by molar-refractivity contribution is 0.617. The monoisotopic (exact) mass is 245 g/mol. The van der Waals surface area contributed by atoms with Gasteiger partial charge in [0.15, 0.2) is 0 Å². The number of nitrogens with one attached hydrogen (secondary N) is 1. The summed E-state index contributed by atoms with van der Waals surface area (Å²) in [6.45, 7) is 0. The zero-order valence-corrected chi connectivity index (χ0v) is 10.1. The van der Waals surface area contributed by atoms with Gasteiger partial charge in [0.05, 0.1) is 5.69 Å². The molecule has 2 aromatic rings. The molecule has 1 aromatic heterocycles. The van der Waals surface area contributed by atoms with Crippen LogP contribution >= 0.6 is 0 Å². The summed E-state index contributed by atoms with van der Waals surface area (Å²) < 4.78 is 15.5. The van der Waals surface area contributed by atoms with E-state index in [-0.39, 0.29) is 5.82 Å². The second-order valence-electron chi connectivity index (χ2n) is 4.70. The summed E-state index contributed by atoms with van der Waals surface area (Å²) in [5, 5.41) is 3.40. The molecule has 0 unspecified atom stereocenters. The van der Waals surface area contributed by atoms with E-state index in [9.17, 15) is 4.39 Å². The average molecular weight is 245 g/mol.